The SMILES string of the molecule is CN(C)CCCNC(=O)c1nc(C(=O)NCc2ccncc2)n2ccccc12. The van der Waals surface area contributed by atoms with Crippen molar-refractivity contribution in [2.45, 2.75) is 13.0 Å². The van der Waals surface area contributed by atoms with E-state index in [1.807, 2.05) is 32.3 Å². The summed E-state index contributed by atoms with van der Waals surface area (Å²) in [5.74, 6) is -0.441. The highest BCUT2D eigenvalue weighted by molar-refractivity contribution is 6.02. The van der Waals surface area contributed by atoms with Gasteiger partial charge in [0, 0.05) is 31.7 Å². The number of carbonyl (C=O) groups excluding carboxylic acids is 2. The molecule has 3 aromatic heterocycles. The third-order valence-corrected chi connectivity index (χ3v) is 4.24. The zero-order chi connectivity index (χ0) is 19.9. The molecule has 0 aliphatic heterocycles. The molecule has 3 aromatic rings. The van der Waals surface area contributed by atoms with Crippen LogP contribution in [0.4, 0.5) is 0 Å². The Balaban J connectivity index is 1.74. The smallest absolute Gasteiger partial charge is 0.287 e. The second-order valence-electron chi connectivity index (χ2n) is 6.69. The molecule has 0 aliphatic rings. The summed E-state index contributed by atoms with van der Waals surface area (Å²) < 4.78 is 1.64. The number of carbonyl (C=O) groups is 2. The van der Waals surface area contributed by atoms with Gasteiger partial charge in [0.05, 0.1) is 5.52 Å². The Kier molecular flexibility index (Phi) is 6.33. The Bertz CT molecular complexity index is 952. The van der Waals surface area contributed by atoms with Gasteiger partial charge < -0.3 is 15.5 Å². The summed E-state index contributed by atoms with van der Waals surface area (Å²) in [6.45, 7) is 1.79. The van der Waals surface area contributed by atoms with Crippen LogP contribution in [0, 0.1) is 0 Å². The molecule has 0 fully saturated rings. The third-order valence-electron chi connectivity index (χ3n) is 4.24. The molecule has 0 aromatic carbocycles. The first-order valence-electron chi connectivity index (χ1n) is 9.13. The minimum Gasteiger partial charge on any atom is -0.351 e. The maximum atomic E-state index is 12.7. The Morgan fingerprint density at radius 3 is 2.61 bits per heavy atom. The average Bonchev–Trinajstić information content (AvgIpc) is 3.10. The molecule has 0 bridgehead atoms. The van der Waals surface area contributed by atoms with E-state index >= 15 is 0 Å². The maximum absolute atomic E-state index is 12.7. The number of amides is 2. The fraction of sp³-hybridized carbons (Fsp3) is 0.300. The van der Waals surface area contributed by atoms with Crippen molar-refractivity contribution in [1.29, 1.82) is 0 Å². The van der Waals surface area contributed by atoms with Gasteiger partial charge in [-0.1, -0.05) is 6.07 Å². The summed E-state index contributed by atoms with van der Waals surface area (Å²) in [6.07, 6.45) is 5.91. The summed E-state index contributed by atoms with van der Waals surface area (Å²) in [5.41, 5.74) is 1.78. The van der Waals surface area contributed by atoms with Gasteiger partial charge in [-0.3, -0.25) is 19.0 Å². The van der Waals surface area contributed by atoms with Crippen molar-refractivity contribution in [2.75, 3.05) is 27.2 Å². The van der Waals surface area contributed by atoms with E-state index in [2.05, 4.69) is 25.5 Å². The van der Waals surface area contributed by atoms with Crippen LogP contribution in [0.3, 0.4) is 0 Å². The molecule has 0 atom stereocenters. The molecule has 8 heteroatoms. The van der Waals surface area contributed by atoms with Gasteiger partial charge in [0.25, 0.3) is 11.8 Å². The first-order valence-corrected chi connectivity index (χ1v) is 9.13. The zero-order valence-electron chi connectivity index (χ0n) is 16.1. The predicted molar refractivity (Wildman–Crippen MR) is 106 cm³/mol. The summed E-state index contributed by atoms with van der Waals surface area (Å²) in [4.78, 5) is 35.6. The molecule has 0 saturated heterocycles. The third kappa shape index (κ3) is 4.72. The fourth-order valence-electron chi connectivity index (χ4n) is 2.81. The maximum Gasteiger partial charge on any atom is 0.287 e. The minimum atomic E-state index is -0.343. The molecule has 0 saturated carbocycles. The molecule has 0 aliphatic carbocycles. The highest BCUT2D eigenvalue weighted by atomic mass is 16.2. The number of rotatable bonds is 8. The molecule has 3 heterocycles. The lowest BCUT2D eigenvalue weighted by molar-refractivity contribution is 0.0939. The van der Waals surface area contributed by atoms with Crippen molar-refractivity contribution in [1.82, 2.24) is 29.9 Å². The van der Waals surface area contributed by atoms with Crippen LogP contribution < -0.4 is 10.6 Å². The lowest BCUT2D eigenvalue weighted by Crippen LogP contribution is -2.28. The summed E-state index contributed by atoms with van der Waals surface area (Å²) in [6, 6.07) is 9.06. The molecule has 0 radical (unpaired) electrons. The number of nitrogens with zero attached hydrogens (tertiary/aromatic N) is 4. The molecule has 0 spiro atoms. The van der Waals surface area contributed by atoms with E-state index in [9.17, 15) is 9.59 Å². The minimum absolute atomic E-state index is 0.183. The number of nitrogens with one attached hydrogen (secondary N) is 2. The molecule has 8 nitrogen and oxygen atoms in total. The van der Waals surface area contributed by atoms with Crippen LogP contribution in [0.1, 0.15) is 33.1 Å². The Morgan fingerprint density at radius 2 is 1.86 bits per heavy atom. The van der Waals surface area contributed by atoms with E-state index in [4.69, 9.17) is 0 Å². The predicted octanol–water partition coefficient (Wildman–Crippen LogP) is 1.34. The van der Waals surface area contributed by atoms with Gasteiger partial charge in [-0.2, -0.15) is 0 Å². The van der Waals surface area contributed by atoms with Crippen LogP contribution in [0.25, 0.3) is 5.52 Å². The van der Waals surface area contributed by atoms with E-state index in [0.29, 0.717) is 18.6 Å². The van der Waals surface area contributed by atoms with Gasteiger partial charge in [0.2, 0.25) is 5.82 Å². The van der Waals surface area contributed by atoms with Crippen molar-refractivity contribution in [3.63, 3.8) is 0 Å². The van der Waals surface area contributed by atoms with Crippen molar-refractivity contribution < 1.29 is 9.59 Å². The van der Waals surface area contributed by atoms with Crippen LogP contribution >= 0.6 is 0 Å². The van der Waals surface area contributed by atoms with E-state index in [-0.39, 0.29) is 23.3 Å². The van der Waals surface area contributed by atoms with Crippen molar-refractivity contribution >= 4 is 17.3 Å². The highest BCUT2D eigenvalue weighted by Crippen LogP contribution is 2.13. The molecule has 3 rings (SSSR count). The summed E-state index contributed by atoms with van der Waals surface area (Å²) >= 11 is 0. The number of fused-ring (bicyclic) bond motifs is 1. The highest BCUT2D eigenvalue weighted by Gasteiger charge is 2.21. The molecular formula is C20H24N6O2. The van der Waals surface area contributed by atoms with Crippen LogP contribution in [-0.4, -0.2) is 58.3 Å². The van der Waals surface area contributed by atoms with Crippen molar-refractivity contribution in [2.24, 2.45) is 0 Å². The van der Waals surface area contributed by atoms with E-state index < -0.39 is 0 Å². The lowest BCUT2D eigenvalue weighted by atomic mass is 10.3. The van der Waals surface area contributed by atoms with Gasteiger partial charge in [0.1, 0.15) is 0 Å². The van der Waals surface area contributed by atoms with E-state index in [1.54, 1.807) is 35.1 Å². The second-order valence-corrected chi connectivity index (χ2v) is 6.69. The monoisotopic (exact) mass is 380 g/mol. The Morgan fingerprint density at radius 1 is 1.07 bits per heavy atom. The molecule has 2 N–H and O–H groups in total. The number of aromatic nitrogens is 3. The number of hydrogen-bond acceptors (Lipinski definition) is 5. The van der Waals surface area contributed by atoms with E-state index in [0.717, 1.165) is 18.5 Å². The lowest BCUT2D eigenvalue weighted by Gasteiger charge is -2.09. The quantitative estimate of drug-likeness (QED) is 0.576. The fourth-order valence-corrected chi connectivity index (χ4v) is 2.81. The first-order chi connectivity index (χ1) is 13.6. The molecule has 2 amide bonds. The Labute approximate surface area is 163 Å². The summed E-state index contributed by atoms with van der Waals surface area (Å²) in [5, 5.41) is 5.71. The normalized spacial score (nSPS) is 11.0. The second kappa shape index (κ2) is 9.09. The van der Waals surface area contributed by atoms with Gasteiger partial charge in [-0.15, -0.1) is 0 Å². The largest absolute Gasteiger partial charge is 0.351 e. The summed E-state index contributed by atoms with van der Waals surface area (Å²) in [7, 11) is 3.98. The van der Waals surface area contributed by atoms with Gasteiger partial charge in [-0.25, -0.2) is 4.98 Å². The van der Waals surface area contributed by atoms with Gasteiger partial charge in [0.15, 0.2) is 5.69 Å². The standard InChI is InChI=1S/C20H24N6O2/c1-25(2)12-5-9-22-19(27)17-16-6-3-4-13-26(16)18(24-17)20(28)23-14-15-7-10-21-11-8-15/h3-4,6-8,10-11,13H,5,9,12,14H2,1-2H3,(H,22,27)(H,23,28). The van der Waals surface area contributed by atoms with Crippen LogP contribution in [0.2, 0.25) is 0 Å². The van der Waals surface area contributed by atoms with Crippen LogP contribution in [0.5, 0.6) is 0 Å². The van der Waals surface area contributed by atoms with E-state index in [1.165, 1.54) is 0 Å². The van der Waals surface area contributed by atoms with Gasteiger partial charge >= 0.3 is 0 Å². The van der Waals surface area contributed by atoms with Gasteiger partial charge in [-0.05, 0) is 56.9 Å². The van der Waals surface area contributed by atoms with Crippen LogP contribution in [-0.2, 0) is 6.54 Å². The van der Waals surface area contributed by atoms with Crippen LogP contribution in [0.15, 0.2) is 48.9 Å². The topological polar surface area (TPSA) is 91.6 Å². The van der Waals surface area contributed by atoms with Crippen molar-refractivity contribution in [3.05, 3.63) is 66.0 Å². The molecule has 28 heavy (non-hydrogen) atoms. The molecule has 146 valence electrons. The first kappa shape index (κ1) is 19.5. The Hall–Kier alpha value is -3.26. The molecule has 0 unspecified atom stereocenters. The van der Waals surface area contributed by atoms with Crippen molar-refractivity contribution in [3.8, 4) is 0 Å². The average molecular weight is 380 g/mol. The number of hydrogen-bond donors (Lipinski definition) is 2. The number of pyridine rings is 2. The number of imidazole rings is 1. The zero-order valence-corrected chi connectivity index (χ0v) is 16.1. The molecular weight excluding hydrogens is 356 g/mol.